The Morgan fingerprint density at radius 2 is 1.83 bits per heavy atom. The lowest BCUT2D eigenvalue weighted by Gasteiger charge is -2.13. The minimum Gasteiger partial charge on any atom is -0.481 e. The first kappa shape index (κ1) is 20.6. The summed E-state index contributed by atoms with van der Waals surface area (Å²) in [5.74, 6) is -0.706. The molecule has 24 heavy (non-hydrogen) atoms. The molecule has 136 valence electrons. The summed E-state index contributed by atoms with van der Waals surface area (Å²) < 4.78 is 0. The van der Waals surface area contributed by atoms with Crippen molar-refractivity contribution in [2.24, 2.45) is 0 Å². The fourth-order valence-corrected chi connectivity index (χ4v) is 2.97. The maximum absolute atomic E-state index is 10.5. The van der Waals surface area contributed by atoms with Crippen LogP contribution in [0.5, 0.6) is 0 Å². The molecule has 0 spiro atoms. The van der Waals surface area contributed by atoms with Crippen LogP contribution in [0.25, 0.3) is 0 Å². The topological polar surface area (TPSA) is 70.4 Å². The van der Waals surface area contributed by atoms with Crippen LogP contribution in [0.3, 0.4) is 0 Å². The van der Waals surface area contributed by atoms with E-state index in [0.717, 1.165) is 57.8 Å². The van der Waals surface area contributed by atoms with Crippen molar-refractivity contribution in [1.29, 1.82) is 0 Å². The molecule has 0 aliphatic heterocycles. The Hall–Kier alpha value is -1.42. The van der Waals surface area contributed by atoms with Crippen molar-refractivity contribution in [1.82, 2.24) is 4.98 Å². The number of aliphatic hydroxyl groups is 1. The van der Waals surface area contributed by atoms with Gasteiger partial charge in [-0.05, 0) is 55.7 Å². The molecule has 1 rings (SSSR count). The van der Waals surface area contributed by atoms with Crippen molar-refractivity contribution >= 4 is 5.97 Å². The summed E-state index contributed by atoms with van der Waals surface area (Å²) in [4.78, 5) is 14.7. The van der Waals surface area contributed by atoms with Crippen LogP contribution in [0.1, 0.15) is 82.3 Å². The predicted octanol–water partition coefficient (Wildman–Crippen LogP) is 4.53. The number of hydrogen-bond donors (Lipinski definition) is 2. The van der Waals surface area contributed by atoms with E-state index in [-0.39, 0.29) is 12.5 Å². The smallest absolute Gasteiger partial charge is 0.303 e. The summed E-state index contributed by atoms with van der Waals surface area (Å²) >= 11 is 0. The van der Waals surface area contributed by atoms with E-state index in [1.54, 1.807) is 0 Å². The van der Waals surface area contributed by atoms with Gasteiger partial charge in [-0.1, -0.05) is 39.0 Å². The van der Waals surface area contributed by atoms with Crippen LogP contribution in [-0.2, 0) is 17.6 Å². The van der Waals surface area contributed by atoms with E-state index in [1.807, 2.05) is 12.4 Å². The van der Waals surface area contributed by atoms with Crippen LogP contribution in [0, 0.1) is 0 Å². The molecule has 4 nitrogen and oxygen atoms in total. The van der Waals surface area contributed by atoms with Crippen LogP contribution in [-0.4, -0.2) is 27.3 Å². The second-order valence-corrected chi connectivity index (χ2v) is 6.64. The molecule has 0 saturated heterocycles. The zero-order valence-corrected chi connectivity index (χ0v) is 15.0. The molecule has 1 aromatic heterocycles. The summed E-state index contributed by atoms with van der Waals surface area (Å²) in [6.45, 7) is 2.18. The molecule has 0 radical (unpaired) electrons. The number of carboxylic acids is 1. The molecule has 1 atom stereocenters. The Labute approximate surface area is 146 Å². The maximum Gasteiger partial charge on any atom is 0.303 e. The third-order valence-corrected chi connectivity index (χ3v) is 4.48. The van der Waals surface area contributed by atoms with E-state index in [0.29, 0.717) is 0 Å². The quantitative estimate of drug-likeness (QED) is 0.490. The van der Waals surface area contributed by atoms with E-state index in [1.165, 1.54) is 24.0 Å². The predicted molar refractivity (Wildman–Crippen MR) is 97.1 cm³/mol. The Balaban J connectivity index is 2.29. The summed E-state index contributed by atoms with van der Waals surface area (Å²) in [7, 11) is 0. The van der Waals surface area contributed by atoms with E-state index in [4.69, 9.17) is 5.11 Å². The molecule has 0 bridgehead atoms. The van der Waals surface area contributed by atoms with Crippen molar-refractivity contribution in [3.05, 3.63) is 29.6 Å². The van der Waals surface area contributed by atoms with Gasteiger partial charge in [0.15, 0.2) is 0 Å². The molecule has 0 aliphatic carbocycles. The number of aromatic nitrogens is 1. The SMILES string of the molecule is CCCCCC(O)CCc1ccncc1CCCCCCC(=O)O. The summed E-state index contributed by atoms with van der Waals surface area (Å²) in [6.07, 6.45) is 14.8. The first-order valence-corrected chi connectivity index (χ1v) is 9.45. The number of carbonyl (C=O) groups is 1. The van der Waals surface area contributed by atoms with Crippen molar-refractivity contribution < 1.29 is 15.0 Å². The van der Waals surface area contributed by atoms with Crippen LogP contribution < -0.4 is 0 Å². The van der Waals surface area contributed by atoms with Gasteiger partial charge < -0.3 is 10.2 Å². The van der Waals surface area contributed by atoms with E-state index >= 15 is 0 Å². The number of aryl methyl sites for hydroxylation is 2. The second-order valence-electron chi connectivity index (χ2n) is 6.64. The van der Waals surface area contributed by atoms with Gasteiger partial charge in [-0.3, -0.25) is 9.78 Å². The number of unbranched alkanes of at least 4 members (excludes halogenated alkanes) is 5. The average molecular weight is 335 g/mol. The van der Waals surface area contributed by atoms with Gasteiger partial charge >= 0.3 is 5.97 Å². The van der Waals surface area contributed by atoms with Gasteiger partial charge in [0.05, 0.1) is 6.10 Å². The monoisotopic (exact) mass is 335 g/mol. The molecule has 0 aromatic carbocycles. The molecule has 0 fully saturated rings. The molecule has 0 amide bonds. The van der Waals surface area contributed by atoms with E-state index in [9.17, 15) is 9.90 Å². The fraction of sp³-hybridized carbons (Fsp3) is 0.700. The molecule has 0 aliphatic rings. The highest BCUT2D eigenvalue weighted by Crippen LogP contribution is 2.16. The first-order chi connectivity index (χ1) is 11.6. The highest BCUT2D eigenvalue weighted by molar-refractivity contribution is 5.66. The summed E-state index contributed by atoms with van der Waals surface area (Å²) in [6, 6.07) is 2.07. The van der Waals surface area contributed by atoms with Gasteiger partial charge in [-0.25, -0.2) is 0 Å². The lowest BCUT2D eigenvalue weighted by atomic mass is 9.97. The first-order valence-electron chi connectivity index (χ1n) is 9.45. The van der Waals surface area contributed by atoms with E-state index in [2.05, 4.69) is 18.0 Å². The highest BCUT2D eigenvalue weighted by atomic mass is 16.4. The number of aliphatic carboxylic acids is 1. The number of carboxylic acid groups (broad SMARTS) is 1. The zero-order chi connectivity index (χ0) is 17.6. The highest BCUT2D eigenvalue weighted by Gasteiger charge is 2.08. The molecule has 0 saturated carbocycles. The molecule has 1 unspecified atom stereocenters. The molecule has 1 aromatic rings. The zero-order valence-electron chi connectivity index (χ0n) is 15.0. The number of pyridine rings is 1. The third-order valence-electron chi connectivity index (χ3n) is 4.48. The van der Waals surface area contributed by atoms with Crippen LogP contribution >= 0.6 is 0 Å². The van der Waals surface area contributed by atoms with Gasteiger partial charge in [0.1, 0.15) is 0 Å². The third kappa shape index (κ3) is 9.66. The minimum atomic E-state index is -0.706. The average Bonchev–Trinajstić information content (AvgIpc) is 2.57. The second kappa shape index (κ2) is 12.9. The van der Waals surface area contributed by atoms with Gasteiger partial charge in [0, 0.05) is 18.8 Å². The van der Waals surface area contributed by atoms with Crippen LogP contribution in [0.2, 0.25) is 0 Å². The minimum absolute atomic E-state index is 0.200. The Bertz CT molecular complexity index is 462. The summed E-state index contributed by atoms with van der Waals surface area (Å²) in [5, 5.41) is 18.7. The largest absolute Gasteiger partial charge is 0.481 e. The molecule has 4 heteroatoms. The van der Waals surface area contributed by atoms with Crippen LogP contribution in [0.4, 0.5) is 0 Å². The molecule has 1 heterocycles. The molecular formula is C20H33NO3. The van der Waals surface area contributed by atoms with Crippen molar-refractivity contribution in [2.75, 3.05) is 0 Å². The maximum atomic E-state index is 10.5. The Morgan fingerprint density at radius 3 is 2.58 bits per heavy atom. The van der Waals surface area contributed by atoms with Gasteiger partial charge in [-0.2, -0.15) is 0 Å². The lowest BCUT2D eigenvalue weighted by molar-refractivity contribution is -0.137. The number of aliphatic hydroxyl groups excluding tert-OH is 1. The van der Waals surface area contributed by atoms with Crippen LogP contribution in [0.15, 0.2) is 18.5 Å². The van der Waals surface area contributed by atoms with Gasteiger partial charge in [0.25, 0.3) is 0 Å². The Kier molecular flexibility index (Phi) is 11.1. The normalized spacial score (nSPS) is 12.2. The number of nitrogens with zero attached hydrogens (tertiary/aromatic N) is 1. The molecular weight excluding hydrogens is 302 g/mol. The van der Waals surface area contributed by atoms with Gasteiger partial charge in [-0.15, -0.1) is 0 Å². The van der Waals surface area contributed by atoms with Crippen molar-refractivity contribution in [2.45, 2.75) is 90.1 Å². The van der Waals surface area contributed by atoms with Gasteiger partial charge in [0.2, 0.25) is 0 Å². The fourth-order valence-electron chi connectivity index (χ4n) is 2.97. The summed E-state index contributed by atoms with van der Waals surface area (Å²) in [5.41, 5.74) is 2.57. The standard InChI is InChI=1S/C20H33NO3/c1-2-3-6-10-19(22)13-12-17-14-15-21-16-18(17)9-7-4-5-8-11-20(23)24/h14-16,19,22H,2-13H2,1H3,(H,23,24). The number of rotatable bonds is 14. The number of hydrogen-bond acceptors (Lipinski definition) is 3. The van der Waals surface area contributed by atoms with Crippen molar-refractivity contribution in [3.8, 4) is 0 Å². The van der Waals surface area contributed by atoms with Crippen molar-refractivity contribution in [3.63, 3.8) is 0 Å². The van der Waals surface area contributed by atoms with E-state index < -0.39 is 5.97 Å². The lowest BCUT2D eigenvalue weighted by Crippen LogP contribution is -2.09. The molecule has 2 N–H and O–H groups in total. The Morgan fingerprint density at radius 1 is 1.04 bits per heavy atom.